The van der Waals surface area contributed by atoms with Crippen molar-refractivity contribution in [3.05, 3.63) is 62.5 Å². The lowest BCUT2D eigenvalue weighted by molar-refractivity contribution is 0.0467. The van der Waals surface area contributed by atoms with Crippen LogP contribution in [-0.4, -0.2) is 41.2 Å². The molecule has 1 aliphatic rings. The quantitative estimate of drug-likeness (QED) is 0.535. The van der Waals surface area contributed by atoms with E-state index in [0.29, 0.717) is 23.7 Å². The number of ether oxygens (including phenoxy) is 1. The molecule has 30 heavy (non-hydrogen) atoms. The monoisotopic (exact) mass is 467 g/mol. The fourth-order valence-electron chi connectivity index (χ4n) is 3.25. The van der Waals surface area contributed by atoms with Crippen LogP contribution in [0.15, 0.2) is 45.5 Å². The number of esters is 1. The summed E-state index contributed by atoms with van der Waals surface area (Å²) in [6.45, 7) is 0.677. The average Bonchev–Trinajstić information content (AvgIpc) is 3.22. The van der Waals surface area contributed by atoms with Gasteiger partial charge >= 0.3 is 5.97 Å². The smallest absolute Gasteiger partial charge is 0.340 e. The summed E-state index contributed by atoms with van der Waals surface area (Å²) in [5, 5.41) is 1.81. The van der Waals surface area contributed by atoms with Gasteiger partial charge in [-0.25, -0.2) is 18.2 Å². The highest BCUT2D eigenvalue weighted by atomic mass is 35.5. The Morgan fingerprint density at radius 3 is 2.73 bits per heavy atom. The fraction of sp³-hybridized carbons (Fsp3) is 0.316. The number of fused-ring (bicyclic) bond motifs is 1. The number of hydrogen-bond donors (Lipinski definition) is 0. The van der Waals surface area contributed by atoms with E-state index in [-0.39, 0.29) is 27.6 Å². The van der Waals surface area contributed by atoms with Crippen molar-refractivity contribution in [1.29, 1.82) is 0 Å². The minimum atomic E-state index is -3.71. The lowest BCUT2D eigenvalue weighted by atomic mass is 10.2. The van der Waals surface area contributed by atoms with Crippen molar-refractivity contribution in [3.8, 4) is 0 Å². The number of nitrogens with zero attached hydrogens (tertiary/aromatic N) is 3. The predicted octanol–water partition coefficient (Wildman–Crippen LogP) is 2.94. The van der Waals surface area contributed by atoms with Crippen LogP contribution in [0.4, 0.5) is 0 Å². The molecule has 1 fully saturated rings. The standard InChI is InChI=1S/C19H18ClN3O5S2/c20-16-5-4-14(30(26,27)22-6-2-1-3-7-22)11-15(16)18(25)28-12-13-10-17(24)23-8-9-29-19(23)21-13/h4-5,8-11H,1-3,6-7,12H2. The molecule has 0 N–H and O–H groups in total. The van der Waals surface area contributed by atoms with Gasteiger partial charge in [0.2, 0.25) is 10.0 Å². The Labute approximate surface area is 181 Å². The van der Waals surface area contributed by atoms with Crippen LogP contribution in [0.25, 0.3) is 4.96 Å². The summed E-state index contributed by atoms with van der Waals surface area (Å²) in [6.07, 6.45) is 4.23. The van der Waals surface area contributed by atoms with E-state index in [2.05, 4.69) is 4.98 Å². The van der Waals surface area contributed by atoms with E-state index >= 15 is 0 Å². The van der Waals surface area contributed by atoms with Gasteiger partial charge in [0, 0.05) is 30.7 Å². The van der Waals surface area contributed by atoms with Crippen LogP contribution in [0.3, 0.4) is 0 Å². The molecule has 11 heteroatoms. The lowest BCUT2D eigenvalue weighted by Gasteiger charge is -2.26. The SMILES string of the molecule is O=C(OCc1cc(=O)n2ccsc2n1)c1cc(S(=O)(=O)N2CCCCC2)ccc1Cl. The summed E-state index contributed by atoms with van der Waals surface area (Å²) in [5.41, 5.74) is -0.0346. The molecule has 0 atom stereocenters. The number of hydrogen-bond acceptors (Lipinski definition) is 7. The number of thiazole rings is 1. The van der Waals surface area contributed by atoms with Crippen LogP contribution in [0.1, 0.15) is 35.3 Å². The van der Waals surface area contributed by atoms with Crippen LogP contribution in [0, 0.1) is 0 Å². The highest BCUT2D eigenvalue weighted by Crippen LogP contribution is 2.25. The molecular weight excluding hydrogens is 450 g/mol. The van der Waals surface area contributed by atoms with E-state index in [9.17, 15) is 18.0 Å². The van der Waals surface area contributed by atoms with Crippen molar-refractivity contribution >= 4 is 43.9 Å². The number of carbonyl (C=O) groups excluding carboxylic acids is 1. The van der Waals surface area contributed by atoms with E-state index in [1.165, 1.54) is 44.3 Å². The van der Waals surface area contributed by atoms with E-state index in [4.69, 9.17) is 16.3 Å². The molecule has 1 saturated heterocycles. The van der Waals surface area contributed by atoms with Crippen molar-refractivity contribution in [2.45, 2.75) is 30.8 Å². The molecule has 0 bridgehead atoms. The van der Waals surface area contributed by atoms with Crippen molar-refractivity contribution in [2.75, 3.05) is 13.1 Å². The summed E-state index contributed by atoms with van der Waals surface area (Å²) in [4.78, 5) is 29.4. The number of piperidine rings is 1. The van der Waals surface area contributed by atoms with Crippen LogP contribution < -0.4 is 5.56 Å². The Balaban J connectivity index is 1.54. The van der Waals surface area contributed by atoms with Gasteiger partial charge in [0.05, 0.1) is 21.2 Å². The summed E-state index contributed by atoms with van der Waals surface area (Å²) >= 11 is 7.41. The van der Waals surface area contributed by atoms with Crippen molar-refractivity contribution < 1.29 is 17.9 Å². The highest BCUT2D eigenvalue weighted by molar-refractivity contribution is 7.89. The molecule has 1 aromatic carbocycles. The molecule has 0 unspecified atom stereocenters. The molecule has 0 amide bonds. The summed E-state index contributed by atoms with van der Waals surface area (Å²) < 4.78 is 33.8. The summed E-state index contributed by atoms with van der Waals surface area (Å²) in [7, 11) is -3.71. The first-order chi connectivity index (χ1) is 14.4. The molecule has 8 nitrogen and oxygen atoms in total. The number of benzene rings is 1. The van der Waals surface area contributed by atoms with Gasteiger partial charge in [-0.1, -0.05) is 18.0 Å². The average molecular weight is 468 g/mol. The maximum atomic E-state index is 12.9. The molecule has 0 radical (unpaired) electrons. The van der Waals surface area contributed by atoms with Crippen LogP contribution in [0.5, 0.6) is 0 Å². The number of rotatable bonds is 5. The predicted molar refractivity (Wildman–Crippen MR) is 113 cm³/mol. The molecule has 3 aromatic rings. The molecule has 0 aliphatic carbocycles. The van der Waals surface area contributed by atoms with Gasteiger partial charge in [0.1, 0.15) is 6.61 Å². The molecule has 0 spiro atoms. The molecule has 1 aliphatic heterocycles. The zero-order valence-corrected chi connectivity index (χ0v) is 18.2. The van der Waals surface area contributed by atoms with Crippen LogP contribution in [-0.2, 0) is 21.4 Å². The van der Waals surface area contributed by atoms with Crippen molar-refractivity contribution in [1.82, 2.24) is 13.7 Å². The first kappa shape index (κ1) is 21.0. The van der Waals surface area contributed by atoms with E-state index in [1.54, 1.807) is 11.6 Å². The molecule has 4 rings (SSSR count). The van der Waals surface area contributed by atoms with E-state index < -0.39 is 16.0 Å². The first-order valence-electron chi connectivity index (χ1n) is 9.29. The second-order valence-corrected chi connectivity index (χ2v) is 10.0. The largest absolute Gasteiger partial charge is 0.456 e. The Kier molecular flexibility index (Phi) is 5.92. The van der Waals surface area contributed by atoms with Crippen molar-refractivity contribution in [3.63, 3.8) is 0 Å². The molecule has 0 saturated carbocycles. The zero-order chi connectivity index (χ0) is 21.3. The van der Waals surface area contributed by atoms with Crippen LogP contribution >= 0.6 is 22.9 Å². The number of halogens is 1. The lowest BCUT2D eigenvalue weighted by Crippen LogP contribution is -2.35. The van der Waals surface area contributed by atoms with Crippen molar-refractivity contribution in [2.24, 2.45) is 0 Å². The van der Waals surface area contributed by atoms with E-state index in [0.717, 1.165) is 19.3 Å². The second kappa shape index (κ2) is 8.46. The third kappa shape index (κ3) is 4.13. The Hall–Kier alpha value is -2.27. The van der Waals surface area contributed by atoms with Gasteiger partial charge in [0.25, 0.3) is 5.56 Å². The number of aromatic nitrogens is 2. The van der Waals surface area contributed by atoms with E-state index in [1.807, 2.05) is 0 Å². The van der Waals surface area contributed by atoms with Gasteiger partial charge in [-0.15, -0.1) is 11.3 Å². The highest BCUT2D eigenvalue weighted by Gasteiger charge is 2.27. The number of sulfonamides is 1. The minimum Gasteiger partial charge on any atom is -0.456 e. The minimum absolute atomic E-state index is 0.00266. The third-order valence-corrected chi connectivity index (χ3v) is 7.80. The third-order valence-electron chi connectivity index (χ3n) is 4.82. The van der Waals surface area contributed by atoms with Gasteiger partial charge in [-0.2, -0.15) is 4.31 Å². The molecule has 158 valence electrons. The molecular formula is C19H18ClN3O5S2. The first-order valence-corrected chi connectivity index (χ1v) is 12.0. The topological polar surface area (TPSA) is 98.0 Å². The normalized spacial score (nSPS) is 15.4. The fourth-order valence-corrected chi connectivity index (χ4v) is 5.73. The Bertz CT molecular complexity index is 1260. The second-order valence-electron chi connectivity index (χ2n) is 6.82. The maximum absolute atomic E-state index is 12.9. The number of carbonyl (C=O) groups is 1. The molecule has 2 aromatic heterocycles. The van der Waals surface area contributed by atoms with Gasteiger partial charge in [0.15, 0.2) is 4.96 Å². The van der Waals surface area contributed by atoms with Gasteiger partial charge in [-0.05, 0) is 31.0 Å². The van der Waals surface area contributed by atoms with Crippen LogP contribution in [0.2, 0.25) is 5.02 Å². The van der Waals surface area contributed by atoms with Gasteiger partial charge in [-0.3, -0.25) is 9.20 Å². The Morgan fingerprint density at radius 2 is 1.97 bits per heavy atom. The molecule has 3 heterocycles. The summed E-state index contributed by atoms with van der Waals surface area (Å²) in [6, 6.07) is 5.28. The Morgan fingerprint density at radius 1 is 1.20 bits per heavy atom. The summed E-state index contributed by atoms with van der Waals surface area (Å²) in [5.74, 6) is -0.788. The maximum Gasteiger partial charge on any atom is 0.340 e. The zero-order valence-electron chi connectivity index (χ0n) is 15.8. The van der Waals surface area contributed by atoms with Gasteiger partial charge < -0.3 is 4.74 Å².